The van der Waals surface area contributed by atoms with Gasteiger partial charge in [-0.25, -0.2) is 13.2 Å². The fourth-order valence-corrected chi connectivity index (χ4v) is 7.51. The highest BCUT2D eigenvalue weighted by molar-refractivity contribution is 5.76. The van der Waals surface area contributed by atoms with Crippen molar-refractivity contribution < 1.29 is 22.5 Å². The molecule has 1 amide bonds. The number of hydrogen-bond donors (Lipinski definition) is 0. The number of likely N-dealkylation sites (tertiary alicyclic amines) is 2. The van der Waals surface area contributed by atoms with Gasteiger partial charge in [0.1, 0.15) is 6.17 Å². The largest absolute Gasteiger partial charge is 0.343 e. The van der Waals surface area contributed by atoms with E-state index < -0.39 is 18.0 Å². The first kappa shape index (κ1) is 28.4. The van der Waals surface area contributed by atoms with Crippen molar-refractivity contribution in [2.24, 2.45) is 11.8 Å². The SMILES string of the molecule is CN(CC1CC1)[C@@H]1CCCN([C@H]2CCCC(F)(F)[C@@H]2CC(=O)N2CCC(C)(c3noc([C@@H]4C[C@@H]4F)n3)CC2)CC1. The minimum Gasteiger partial charge on any atom is -0.343 e. The van der Waals surface area contributed by atoms with Crippen LogP contribution in [0.1, 0.15) is 102 Å². The summed E-state index contributed by atoms with van der Waals surface area (Å²) < 4.78 is 49.6. The molecule has 0 bridgehead atoms. The lowest BCUT2D eigenvalue weighted by atomic mass is 9.77. The molecule has 5 atom stereocenters. The number of amides is 1. The lowest BCUT2D eigenvalue weighted by molar-refractivity contribution is -0.149. The second kappa shape index (κ2) is 11.2. The molecule has 6 rings (SSSR count). The zero-order chi connectivity index (χ0) is 28.1. The minimum absolute atomic E-state index is 0.0954. The van der Waals surface area contributed by atoms with Gasteiger partial charge in [0.25, 0.3) is 5.92 Å². The number of rotatable bonds is 8. The van der Waals surface area contributed by atoms with Gasteiger partial charge in [-0.15, -0.1) is 0 Å². The van der Waals surface area contributed by atoms with Crippen LogP contribution in [0.25, 0.3) is 0 Å². The number of alkyl halides is 3. The van der Waals surface area contributed by atoms with E-state index in [2.05, 4.69) is 27.0 Å². The van der Waals surface area contributed by atoms with E-state index in [4.69, 9.17) is 4.52 Å². The molecule has 7 nitrogen and oxygen atoms in total. The van der Waals surface area contributed by atoms with Crippen LogP contribution in [0.15, 0.2) is 4.52 Å². The Morgan fingerprint density at radius 1 is 1.05 bits per heavy atom. The average Bonchev–Trinajstić information content (AvgIpc) is 3.84. The van der Waals surface area contributed by atoms with Crippen LogP contribution in [0, 0.1) is 11.8 Å². The van der Waals surface area contributed by atoms with Crippen LogP contribution in [0.5, 0.6) is 0 Å². The van der Waals surface area contributed by atoms with Gasteiger partial charge in [0, 0.05) is 55.9 Å². The van der Waals surface area contributed by atoms with Crippen LogP contribution >= 0.6 is 0 Å². The summed E-state index contributed by atoms with van der Waals surface area (Å²) in [6.45, 7) is 5.85. The van der Waals surface area contributed by atoms with Gasteiger partial charge in [0.05, 0.1) is 5.92 Å². The number of carbonyl (C=O) groups is 1. The molecule has 224 valence electrons. The molecule has 0 spiro atoms. The van der Waals surface area contributed by atoms with E-state index in [-0.39, 0.29) is 36.1 Å². The molecule has 40 heavy (non-hydrogen) atoms. The molecule has 0 aromatic carbocycles. The summed E-state index contributed by atoms with van der Waals surface area (Å²) in [4.78, 5) is 24.5. The topological polar surface area (TPSA) is 65.7 Å². The molecule has 5 fully saturated rings. The second-order valence-corrected chi connectivity index (χ2v) is 13.8. The van der Waals surface area contributed by atoms with E-state index in [0.29, 0.717) is 56.5 Å². The van der Waals surface area contributed by atoms with Crippen molar-refractivity contribution in [1.82, 2.24) is 24.8 Å². The highest BCUT2D eigenvalue weighted by Crippen LogP contribution is 2.45. The molecule has 0 radical (unpaired) electrons. The molecule has 1 aromatic rings. The number of carbonyl (C=O) groups excluding carboxylic acids is 1. The number of piperidine rings is 1. The van der Waals surface area contributed by atoms with Crippen molar-refractivity contribution in [1.29, 1.82) is 0 Å². The zero-order valence-corrected chi connectivity index (χ0v) is 24.2. The van der Waals surface area contributed by atoms with E-state index in [1.54, 1.807) is 4.90 Å². The maximum Gasteiger partial charge on any atom is 0.252 e. The van der Waals surface area contributed by atoms with Crippen molar-refractivity contribution in [3.8, 4) is 0 Å². The first-order chi connectivity index (χ1) is 19.1. The Balaban J connectivity index is 1.06. The maximum absolute atomic E-state index is 15.4. The van der Waals surface area contributed by atoms with Crippen LogP contribution in [0.2, 0.25) is 0 Å². The number of aromatic nitrogens is 2. The highest BCUT2D eigenvalue weighted by atomic mass is 19.3. The molecule has 1 aromatic heterocycles. The van der Waals surface area contributed by atoms with Crippen LogP contribution in [0.4, 0.5) is 13.2 Å². The summed E-state index contributed by atoms with van der Waals surface area (Å²) in [5, 5.41) is 4.13. The Labute approximate surface area is 236 Å². The van der Waals surface area contributed by atoms with E-state index >= 15 is 8.78 Å². The maximum atomic E-state index is 15.4. The number of nitrogens with zero attached hydrogens (tertiary/aromatic N) is 5. The fourth-order valence-electron chi connectivity index (χ4n) is 7.51. The number of halogens is 3. The van der Waals surface area contributed by atoms with Crippen LogP contribution < -0.4 is 0 Å². The van der Waals surface area contributed by atoms with Crippen LogP contribution in [0.3, 0.4) is 0 Å². The van der Waals surface area contributed by atoms with Gasteiger partial charge >= 0.3 is 0 Å². The molecule has 3 heterocycles. The van der Waals surface area contributed by atoms with Gasteiger partial charge in [-0.1, -0.05) is 12.1 Å². The van der Waals surface area contributed by atoms with E-state index in [1.807, 2.05) is 6.92 Å². The normalized spacial score (nSPS) is 34.5. The van der Waals surface area contributed by atoms with Gasteiger partial charge in [-0.2, -0.15) is 4.98 Å². The summed E-state index contributed by atoms with van der Waals surface area (Å²) in [5.74, 6) is -2.43. The first-order valence-electron chi connectivity index (χ1n) is 15.7. The van der Waals surface area contributed by atoms with Crippen molar-refractivity contribution >= 4 is 5.91 Å². The Morgan fingerprint density at radius 2 is 1.80 bits per heavy atom. The Morgan fingerprint density at radius 3 is 2.50 bits per heavy atom. The second-order valence-electron chi connectivity index (χ2n) is 13.8. The predicted octanol–water partition coefficient (Wildman–Crippen LogP) is 5.17. The van der Waals surface area contributed by atoms with E-state index in [1.165, 1.54) is 12.8 Å². The molecule has 2 aliphatic heterocycles. The smallest absolute Gasteiger partial charge is 0.252 e. The third-order valence-corrected chi connectivity index (χ3v) is 10.7. The Kier molecular flexibility index (Phi) is 7.96. The average molecular weight is 566 g/mol. The molecule has 10 heteroatoms. The monoisotopic (exact) mass is 565 g/mol. The van der Waals surface area contributed by atoms with Gasteiger partial charge in [-0.3, -0.25) is 9.69 Å². The summed E-state index contributed by atoms with van der Waals surface area (Å²) in [6, 6.07) is 0.283. The van der Waals surface area contributed by atoms with Gasteiger partial charge < -0.3 is 14.3 Å². The molecule has 0 N–H and O–H groups in total. The van der Waals surface area contributed by atoms with Gasteiger partial charge in [0.15, 0.2) is 5.82 Å². The molecular weight excluding hydrogens is 519 g/mol. The molecule has 5 aliphatic rings. The summed E-state index contributed by atoms with van der Waals surface area (Å²) >= 11 is 0. The summed E-state index contributed by atoms with van der Waals surface area (Å²) in [6.07, 6.45) is 7.68. The molecule has 3 aliphatic carbocycles. The zero-order valence-electron chi connectivity index (χ0n) is 24.2. The van der Waals surface area contributed by atoms with Crippen molar-refractivity contribution in [2.75, 3.05) is 39.8 Å². The number of hydrogen-bond acceptors (Lipinski definition) is 6. The lowest BCUT2D eigenvalue weighted by Gasteiger charge is -2.44. The van der Waals surface area contributed by atoms with Crippen molar-refractivity contribution in [3.05, 3.63) is 11.7 Å². The van der Waals surface area contributed by atoms with E-state index in [9.17, 15) is 9.18 Å². The van der Waals surface area contributed by atoms with Gasteiger partial charge in [-0.05, 0) is 90.3 Å². The Hall–Kier alpha value is -1.68. The van der Waals surface area contributed by atoms with Crippen molar-refractivity contribution in [2.45, 2.75) is 119 Å². The third kappa shape index (κ3) is 6.08. The molecule has 2 saturated heterocycles. The fraction of sp³-hybridized carbons (Fsp3) is 0.900. The van der Waals surface area contributed by atoms with Crippen LogP contribution in [-0.2, 0) is 10.2 Å². The molecular formula is C30H46F3N5O2. The Bertz CT molecular complexity index is 1040. The molecule has 3 saturated carbocycles. The molecule has 0 unspecified atom stereocenters. The quantitative estimate of drug-likeness (QED) is 0.434. The summed E-state index contributed by atoms with van der Waals surface area (Å²) in [7, 11) is 2.22. The van der Waals surface area contributed by atoms with Crippen molar-refractivity contribution in [3.63, 3.8) is 0 Å². The highest BCUT2D eigenvalue weighted by Gasteiger charge is 2.50. The van der Waals surface area contributed by atoms with Gasteiger partial charge in [0.2, 0.25) is 11.8 Å². The van der Waals surface area contributed by atoms with Crippen LogP contribution in [-0.4, -0.2) is 94.7 Å². The lowest BCUT2D eigenvalue weighted by Crippen LogP contribution is -2.53. The summed E-state index contributed by atoms with van der Waals surface area (Å²) in [5.41, 5.74) is -0.369. The standard InChI is InChI=1S/C30H46F3N5O2/c1-29(28-34-27(40-35-28)22-17-24(22)31)11-15-38(16-12-29)26(39)18-23-25(6-3-10-30(23,32)33)37-13-4-5-21(9-14-37)36(2)19-20-7-8-20/h20-25H,3-19H2,1-2H3/t21-,22-,23-,24+,25+/m1/s1. The first-order valence-corrected chi connectivity index (χ1v) is 15.7. The van der Waals surface area contributed by atoms with E-state index in [0.717, 1.165) is 51.2 Å². The predicted molar refractivity (Wildman–Crippen MR) is 145 cm³/mol. The minimum atomic E-state index is -2.82. The third-order valence-electron chi connectivity index (χ3n) is 10.7.